The van der Waals surface area contributed by atoms with Gasteiger partial charge in [-0.15, -0.1) is 11.6 Å². The van der Waals surface area contributed by atoms with Gasteiger partial charge in [-0.05, 0) is 38.3 Å². The molecule has 1 N–H and O–H groups in total. The van der Waals surface area contributed by atoms with E-state index in [4.69, 9.17) is 27.9 Å². The van der Waals surface area contributed by atoms with Gasteiger partial charge >= 0.3 is 5.30 Å². The summed E-state index contributed by atoms with van der Waals surface area (Å²) in [5, 5.41) is 16.1. The van der Waals surface area contributed by atoms with Crippen LogP contribution < -0.4 is 0 Å². The second-order valence-electron chi connectivity index (χ2n) is 6.98. The van der Waals surface area contributed by atoms with E-state index in [1.165, 1.54) is 11.0 Å². The first-order valence-electron chi connectivity index (χ1n) is 8.63. The van der Waals surface area contributed by atoms with E-state index in [9.17, 15) is 9.90 Å². The molecule has 1 atom stereocenters. The monoisotopic (exact) mass is 445 g/mol. The molecular weight excluding hydrogens is 421 g/mol. The Labute approximate surface area is 179 Å². The van der Waals surface area contributed by atoms with Gasteiger partial charge in [-0.1, -0.05) is 37.2 Å². The maximum Gasteiger partial charge on any atom is 0.375 e. The summed E-state index contributed by atoms with van der Waals surface area (Å²) in [6.45, 7) is 3.64. The van der Waals surface area contributed by atoms with Gasteiger partial charge in [0.05, 0.1) is 17.5 Å². The van der Waals surface area contributed by atoms with E-state index < -0.39 is 15.8 Å². The summed E-state index contributed by atoms with van der Waals surface area (Å²) in [6.07, 6.45) is 2.78. The number of aliphatic hydroxyl groups is 1. The Morgan fingerprint density at radius 3 is 2.71 bits per heavy atom. The van der Waals surface area contributed by atoms with Crippen LogP contribution in [0.5, 0.6) is 0 Å². The molecule has 0 spiro atoms. The van der Waals surface area contributed by atoms with Crippen LogP contribution in [0, 0.1) is 0 Å². The molecule has 0 saturated heterocycles. The van der Waals surface area contributed by atoms with Crippen molar-refractivity contribution in [1.29, 1.82) is 0 Å². The van der Waals surface area contributed by atoms with Crippen molar-refractivity contribution in [2.24, 2.45) is 0 Å². The van der Waals surface area contributed by atoms with E-state index in [1.54, 1.807) is 19.9 Å². The van der Waals surface area contributed by atoms with E-state index in [0.717, 1.165) is 17.3 Å². The number of benzene rings is 1. The number of alkyl halides is 1. The second-order valence-corrected chi connectivity index (χ2v) is 9.02. The van der Waals surface area contributed by atoms with Crippen LogP contribution in [0.3, 0.4) is 0 Å². The third kappa shape index (κ3) is 5.20. The normalized spacial score (nSPS) is 16.9. The van der Waals surface area contributed by atoms with Crippen LogP contribution >= 0.6 is 35.0 Å². The lowest BCUT2D eigenvalue weighted by molar-refractivity contribution is 0.00523. The zero-order valence-corrected chi connectivity index (χ0v) is 17.4. The lowest BCUT2D eigenvalue weighted by Gasteiger charge is -2.33. The minimum atomic E-state index is -1.29. The highest BCUT2D eigenvalue weighted by Gasteiger charge is 2.58. The van der Waals surface area contributed by atoms with Crippen LogP contribution in [-0.4, -0.2) is 41.8 Å². The van der Waals surface area contributed by atoms with Crippen LogP contribution in [0.15, 0.2) is 35.7 Å². The Kier molecular flexibility index (Phi) is 7.42. The predicted octanol–water partition coefficient (Wildman–Crippen LogP) is 4.95. The number of carbonyl (C=O) groups excluding carboxylic acids is 1. The number of hydrogen-bond acceptors (Lipinski definition) is 6. The highest BCUT2D eigenvalue weighted by Crippen LogP contribution is 2.53. The Bertz CT molecular complexity index is 826. The highest BCUT2D eigenvalue weighted by atomic mass is 35.5. The summed E-state index contributed by atoms with van der Waals surface area (Å²) in [5.74, 6) is 0. The molecule has 0 bridgehead atoms. The molecule has 1 fully saturated rings. The zero-order chi connectivity index (χ0) is 19.7. The Balaban J connectivity index is 0.00000280. The van der Waals surface area contributed by atoms with Gasteiger partial charge in [-0.2, -0.15) is 5.10 Å². The van der Waals surface area contributed by atoms with Gasteiger partial charge in [0, 0.05) is 23.2 Å². The number of halogens is 2. The van der Waals surface area contributed by atoms with Crippen molar-refractivity contribution in [3.05, 3.63) is 41.2 Å². The Hall–Kier alpha value is -1.28. The second kappa shape index (κ2) is 9.03. The first-order valence-corrected chi connectivity index (χ1v) is 10.2. The average Bonchev–Trinajstić information content (AvgIpc) is 3.21. The number of thioether (sulfide) groups is 1. The first-order chi connectivity index (χ1) is 12.7. The lowest BCUT2D eigenvalue weighted by atomic mass is 9.89. The number of rotatable bonds is 7. The largest absolute Gasteiger partial charge is 0.455 e. The van der Waals surface area contributed by atoms with Crippen molar-refractivity contribution in [2.75, 3.05) is 0 Å². The molecule has 3 rings (SSSR count). The van der Waals surface area contributed by atoms with E-state index >= 15 is 0 Å². The molecule has 1 unspecified atom stereocenters. The van der Waals surface area contributed by atoms with E-state index in [0.29, 0.717) is 23.0 Å². The van der Waals surface area contributed by atoms with Crippen molar-refractivity contribution in [3.8, 4) is 0 Å². The van der Waals surface area contributed by atoms with Crippen LogP contribution in [0.4, 0.5) is 4.79 Å². The van der Waals surface area contributed by atoms with Crippen LogP contribution in [0.1, 0.15) is 39.7 Å². The fraction of sp³-hybridized carbons (Fsp3) is 0.526. The van der Waals surface area contributed by atoms with Gasteiger partial charge in [0.15, 0.2) is 5.16 Å². The molecule has 1 aliphatic rings. The number of ether oxygens (including phenoxy) is 1. The van der Waals surface area contributed by atoms with Gasteiger partial charge < -0.3 is 9.84 Å². The third-order valence-electron chi connectivity index (χ3n) is 4.46. The quantitative estimate of drug-likeness (QED) is 0.369. The van der Waals surface area contributed by atoms with Crippen molar-refractivity contribution in [2.45, 2.75) is 68.8 Å². The van der Waals surface area contributed by atoms with Gasteiger partial charge in [0.1, 0.15) is 11.9 Å². The fourth-order valence-corrected chi connectivity index (χ4v) is 4.00. The standard InChI is InChI=1S/C18H21Cl2N3O3S.CH4/c1-12(2)26-16(24)27-15-21-11-22-23(15)10-18(25,17(20)7-8-17)9-13-5-3-4-6-14(13)19;/h3-6,11-12,25H,7-10H2,1-2H3;1H4. The Morgan fingerprint density at radius 2 is 2.11 bits per heavy atom. The van der Waals surface area contributed by atoms with Gasteiger partial charge in [0.2, 0.25) is 0 Å². The van der Waals surface area contributed by atoms with Crippen molar-refractivity contribution < 1.29 is 14.6 Å². The van der Waals surface area contributed by atoms with E-state index in [1.807, 2.05) is 18.2 Å². The minimum absolute atomic E-state index is 0. The molecule has 0 amide bonds. The lowest BCUT2D eigenvalue weighted by Crippen LogP contribution is -2.47. The van der Waals surface area contributed by atoms with Crippen molar-refractivity contribution >= 4 is 40.3 Å². The number of nitrogens with zero attached hydrogens (tertiary/aromatic N) is 3. The van der Waals surface area contributed by atoms with Crippen LogP contribution in [0.2, 0.25) is 5.02 Å². The smallest absolute Gasteiger partial charge is 0.375 e. The molecule has 154 valence electrons. The molecule has 2 aromatic rings. The molecule has 1 aliphatic carbocycles. The summed E-state index contributed by atoms with van der Waals surface area (Å²) in [4.78, 5) is 15.3. The first kappa shape index (κ1) is 23.0. The fourth-order valence-electron chi connectivity index (χ4n) is 2.87. The molecule has 9 heteroatoms. The van der Waals surface area contributed by atoms with E-state index in [2.05, 4.69) is 10.1 Å². The Morgan fingerprint density at radius 1 is 1.43 bits per heavy atom. The molecule has 0 radical (unpaired) electrons. The molecule has 0 aliphatic heterocycles. The van der Waals surface area contributed by atoms with Crippen LogP contribution in [0.25, 0.3) is 0 Å². The molecular formula is C19H25Cl2N3O3S. The van der Waals surface area contributed by atoms with Crippen LogP contribution in [-0.2, 0) is 17.7 Å². The minimum Gasteiger partial charge on any atom is -0.455 e. The molecule has 1 aromatic heterocycles. The van der Waals surface area contributed by atoms with Gasteiger partial charge in [-0.3, -0.25) is 0 Å². The summed E-state index contributed by atoms with van der Waals surface area (Å²) in [7, 11) is 0. The number of hydrogen-bond donors (Lipinski definition) is 1. The predicted molar refractivity (Wildman–Crippen MR) is 112 cm³/mol. The number of carbonyl (C=O) groups is 1. The summed E-state index contributed by atoms with van der Waals surface area (Å²) >= 11 is 13.8. The maximum absolute atomic E-state index is 11.9. The van der Waals surface area contributed by atoms with Gasteiger partial charge in [0.25, 0.3) is 0 Å². The molecule has 1 heterocycles. The third-order valence-corrected chi connectivity index (χ3v) is 6.32. The highest BCUT2D eigenvalue weighted by molar-refractivity contribution is 8.13. The van der Waals surface area contributed by atoms with Gasteiger partial charge in [-0.25, -0.2) is 14.5 Å². The van der Waals surface area contributed by atoms with Crippen molar-refractivity contribution in [3.63, 3.8) is 0 Å². The topological polar surface area (TPSA) is 77.2 Å². The summed E-state index contributed by atoms with van der Waals surface area (Å²) in [5.41, 5.74) is -0.480. The molecule has 1 saturated carbocycles. The van der Waals surface area contributed by atoms with Crippen molar-refractivity contribution in [1.82, 2.24) is 14.8 Å². The van der Waals surface area contributed by atoms with E-state index in [-0.39, 0.29) is 26.5 Å². The molecule has 1 aromatic carbocycles. The average molecular weight is 446 g/mol. The zero-order valence-electron chi connectivity index (χ0n) is 15.1. The molecule has 6 nitrogen and oxygen atoms in total. The summed E-state index contributed by atoms with van der Waals surface area (Å²) < 4.78 is 6.63. The maximum atomic E-state index is 11.9. The SMILES string of the molecule is C.CC(C)OC(=O)Sc1ncnn1CC(O)(Cc1ccccc1Cl)C1(Cl)CC1. The molecule has 28 heavy (non-hydrogen) atoms. The summed E-state index contributed by atoms with van der Waals surface area (Å²) in [6, 6.07) is 7.36. The number of aromatic nitrogens is 3.